The summed E-state index contributed by atoms with van der Waals surface area (Å²) in [6, 6.07) is 19.1. The number of nitrogens with one attached hydrogen (secondary N) is 2. The molecule has 0 saturated carbocycles. The number of H-pyrrole nitrogens is 1. The van der Waals surface area contributed by atoms with Crippen molar-refractivity contribution < 1.29 is 4.79 Å². The van der Waals surface area contributed by atoms with Gasteiger partial charge in [0.2, 0.25) is 5.91 Å². The van der Waals surface area contributed by atoms with Crippen LogP contribution in [0.3, 0.4) is 0 Å². The summed E-state index contributed by atoms with van der Waals surface area (Å²) in [4.78, 5) is 21.4. The summed E-state index contributed by atoms with van der Waals surface area (Å²) in [7, 11) is 0. The van der Waals surface area contributed by atoms with Crippen LogP contribution in [0.1, 0.15) is 36.4 Å². The molecule has 2 N–H and O–H groups in total. The summed E-state index contributed by atoms with van der Waals surface area (Å²) in [5, 5.41) is 4.50. The van der Waals surface area contributed by atoms with Gasteiger partial charge in [-0.25, -0.2) is 0 Å². The molecule has 0 bridgehead atoms. The normalized spacial score (nSPS) is 19.4. The fraction of sp³-hybridized carbons (Fsp3) is 0.423. The van der Waals surface area contributed by atoms with E-state index in [1.807, 2.05) is 0 Å². The number of amides is 1. The third-order valence-corrected chi connectivity index (χ3v) is 6.88. The molecule has 1 aromatic heterocycles. The van der Waals surface area contributed by atoms with E-state index < -0.39 is 0 Å². The van der Waals surface area contributed by atoms with Gasteiger partial charge in [-0.3, -0.25) is 9.69 Å². The van der Waals surface area contributed by atoms with Gasteiger partial charge in [0, 0.05) is 55.0 Å². The van der Waals surface area contributed by atoms with Crippen LogP contribution in [0.15, 0.2) is 54.6 Å². The van der Waals surface area contributed by atoms with E-state index in [2.05, 4.69) is 74.7 Å². The number of anilines is 1. The minimum absolute atomic E-state index is 0.0365. The number of nitrogens with zero attached hydrogens (tertiary/aromatic N) is 2. The van der Waals surface area contributed by atoms with Gasteiger partial charge in [-0.15, -0.1) is 0 Å². The monoisotopic (exact) mass is 416 g/mol. The van der Waals surface area contributed by atoms with E-state index >= 15 is 0 Å². The molecular formula is C26H32N4O. The summed E-state index contributed by atoms with van der Waals surface area (Å²) in [5.41, 5.74) is 4.96. The molecule has 31 heavy (non-hydrogen) atoms. The van der Waals surface area contributed by atoms with E-state index in [0.29, 0.717) is 0 Å². The largest absolute Gasteiger partial charge is 0.369 e. The van der Waals surface area contributed by atoms with Gasteiger partial charge in [0.25, 0.3) is 0 Å². The molecule has 0 radical (unpaired) electrons. The first-order chi connectivity index (χ1) is 15.3. The van der Waals surface area contributed by atoms with Gasteiger partial charge in [0.1, 0.15) is 0 Å². The maximum absolute atomic E-state index is 12.9. The number of benzene rings is 2. The molecule has 5 nitrogen and oxygen atoms in total. The van der Waals surface area contributed by atoms with Gasteiger partial charge < -0.3 is 15.2 Å². The van der Waals surface area contributed by atoms with Crippen LogP contribution in [0.4, 0.5) is 5.69 Å². The number of hydrogen-bond donors (Lipinski definition) is 2. The van der Waals surface area contributed by atoms with E-state index in [0.717, 1.165) is 76.2 Å². The molecule has 1 atom stereocenters. The zero-order valence-corrected chi connectivity index (χ0v) is 18.1. The minimum atomic E-state index is -0.0365. The van der Waals surface area contributed by atoms with Crippen LogP contribution in [-0.2, 0) is 11.2 Å². The predicted octanol–water partition coefficient (Wildman–Crippen LogP) is 3.92. The number of aromatic amines is 1. The molecule has 2 aromatic carbocycles. The van der Waals surface area contributed by atoms with Crippen LogP contribution in [-0.4, -0.2) is 55.1 Å². The lowest BCUT2D eigenvalue weighted by atomic mass is 9.86. The van der Waals surface area contributed by atoms with E-state index in [1.165, 1.54) is 16.6 Å². The third kappa shape index (κ3) is 4.33. The van der Waals surface area contributed by atoms with Crippen molar-refractivity contribution in [2.45, 2.75) is 31.6 Å². The Morgan fingerprint density at radius 1 is 1.00 bits per heavy atom. The Labute approximate surface area is 184 Å². The van der Waals surface area contributed by atoms with Crippen molar-refractivity contribution in [1.82, 2.24) is 15.2 Å². The van der Waals surface area contributed by atoms with E-state index in [4.69, 9.17) is 0 Å². The Morgan fingerprint density at radius 2 is 1.77 bits per heavy atom. The van der Waals surface area contributed by atoms with Crippen molar-refractivity contribution in [2.75, 3.05) is 44.2 Å². The summed E-state index contributed by atoms with van der Waals surface area (Å²) in [6.45, 7) is 6.12. The van der Waals surface area contributed by atoms with Crippen LogP contribution in [0.5, 0.6) is 0 Å². The Hall–Kier alpha value is -2.79. The number of carbonyl (C=O) groups excluding carboxylic acids is 1. The molecule has 5 heteroatoms. The highest BCUT2D eigenvalue weighted by molar-refractivity contribution is 5.90. The summed E-state index contributed by atoms with van der Waals surface area (Å²) in [6.07, 6.45) is 4.09. The Bertz CT molecular complexity index is 1020. The Morgan fingerprint density at radius 3 is 2.61 bits per heavy atom. The van der Waals surface area contributed by atoms with Crippen LogP contribution >= 0.6 is 0 Å². The molecule has 2 aliphatic rings. The molecule has 5 rings (SSSR count). The van der Waals surface area contributed by atoms with Crippen molar-refractivity contribution in [3.63, 3.8) is 0 Å². The summed E-state index contributed by atoms with van der Waals surface area (Å²) >= 11 is 0. The predicted molar refractivity (Wildman–Crippen MR) is 127 cm³/mol. The molecule has 1 fully saturated rings. The van der Waals surface area contributed by atoms with Gasteiger partial charge in [0.15, 0.2) is 0 Å². The van der Waals surface area contributed by atoms with Crippen molar-refractivity contribution in [3.8, 4) is 0 Å². The topological polar surface area (TPSA) is 51.4 Å². The lowest BCUT2D eigenvalue weighted by Crippen LogP contribution is -2.47. The summed E-state index contributed by atoms with van der Waals surface area (Å²) < 4.78 is 0. The van der Waals surface area contributed by atoms with Gasteiger partial charge in [0.05, 0.1) is 5.92 Å². The maximum Gasteiger partial charge on any atom is 0.229 e. The van der Waals surface area contributed by atoms with Crippen LogP contribution in [0.25, 0.3) is 10.9 Å². The van der Waals surface area contributed by atoms with E-state index in [-0.39, 0.29) is 11.8 Å². The highest BCUT2D eigenvalue weighted by Crippen LogP contribution is 2.36. The number of carbonyl (C=O) groups is 1. The second-order valence-electron chi connectivity index (χ2n) is 8.82. The number of aromatic nitrogens is 1. The summed E-state index contributed by atoms with van der Waals surface area (Å²) in [5.74, 6) is 0.145. The van der Waals surface area contributed by atoms with Crippen LogP contribution in [0, 0.1) is 0 Å². The fourth-order valence-corrected chi connectivity index (χ4v) is 5.18. The molecule has 2 heterocycles. The first-order valence-corrected chi connectivity index (χ1v) is 11.7. The van der Waals surface area contributed by atoms with Crippen molar-refractivity contribution in [3.05, 3.63) is 65.9 Å². The second kappa shape index (κ2) is 9.15. The average Bonchev–Trinajstić information content (AvgIpc) is 3.21. The molecule has 1 aliphatic heterocycles. The molecular weight excluding hydrogens is 384 g/mol. The number of rotatable bonds is 6. The first kappa shape index (κ1) is 20.1. The zero-order chi connectivity index (χ0) is 21.0. The smallest absolute Gasteiger partial charge is 0.229 e. The Kier molecular flexibility index (Phi) is 5.94. The highest BCUT2D eigenvalue weighted by Gasteiger charge is 2.29. The van der Waals surface area contributed by atoms with Crippen molar-refractivity contribution in [2.24, 2.45) is 0 Å². The van der Waals surface area contributed by atoms with Gasteiger partial charge >= 0.3 is 0 Å². The second-order valence-corrected chi connectivity index (χ2v) is 8.82. The average molecular weight is 417 g/mol. The highest BCUT2D eigenvalue weighted by atomic mass is 16.1. The SMILES string of the molecule is O=C(NCCCN1CCN(c2ccccc2)CC1)[C@@H]1CCCc2c1[nH]c1ccccc21. The Balaban J connectivity index is 1.09. The van der Waals surface area contributed by atoms with Gasteiger partial charge in [-0.1, -0.05) is 36.4 Å². The third-order valence-electron chi connectivity index (χ3n) is 6.88. The van der Waals surface area contributed by atoms with E-state index in [1.54, 1.807) is 0 Å². The standard InChI is InChI=1S/C26H32N4O/c31-26(23-12-6-11-22-21-10-4-5-13-24(21)28-25(22)23)27-14-7-15-29-16-18-30(19-17-29)20-8-2-1-3-9-20/h1-5,8-10,13,23,28H,6-7,11-12,14-19H2,(H,27,31)/t23-/m1/s1. The molecule has 1 aliphatic carbocycles. The first-order valence-electron chi connectivity index (χ1n) is 11.7. The maximum atomic E-state index is 12.9. The zero-order valence-electron chi connectivity index (χ0n) is 18.1. The minimum Gasteiger partial charge on any atom is -0.369 e. The quantitative estimate of drug-likeness (QED) is 0.599. The van der Waals surface area contributed by atoms with Crippen LogP contribution in [0.2, 0.25) is 0 Å². The number of aryl methyl sites for hydroxylation is 1. The lowest BCUT2D eigenvalue weighted by Gasteiger charge is -2.36. The van der Waals surface area contributed by atoms with Gasteiger partial charge in [-0.2, -0.15) is 0 Å². The molecule has 0 spiro atoms. The molecule has 0 unspecified atom stereocenters. The molecule has 1 saturated heterocycles. The van der Waals surface area contributed by atoms with E-state index in [9.17, 15) is 4.79 Å². The molecule has 1 amide bonds. The fourth-order valence-electron chi connectivity index (χ4n) is 5.18. The van der Waals surface area contributed by atoms with Crippen molar-refractivity contribution in [1.29, 1.82) is 0 Å². The number of piperazine rings is 1. The number of fused-ring (bicyclic) bond motifs is 3. The lowest BCUT2D eigenvalue weighted by molar-refractivity contribution is -0.122. The molecule has 3 aromatic rings. The van der Waals surface area contributed by atoms with Crippen molar-refractivity contribution >= 4 is 22.5 Å². The van der Waals surface area contributed by atoms with Gasteiger partial charge in [-0.05, 0) is 56.0 Å². The molecule has 162 valence electrons. The number of hydrogen-bond acceptors (Lipinski definition) is 3. The number of para-hydroxylation sites is 2. The van der Waals surface area contributed by atoms with Crippen LogP contribution < -0.4 is 10.2 Å².